The fourth-order valence-corrected chi connectivity index (χ4v) is 2.49. The number of nitrogens with two attached hydrogens (primary N) is 1. The molecule has 0 aliphatic heterocycles. The zero-order chi connectivity index (χ0) is 11.0. The minimum Gasteiger partial charge on any atom is -0.328 e. The molecule has 3 heteroatoms. The number of hydrogen-bond donors (Lipinski definition) is 1. The summed E-state index contributed by atoms with van der Waals surface area (Å²) in [5.41, 5.74) is 7.47. The van der Waals surface area contributed by atoms with Crippen molar-refractivity contribution in [3.05, 3.63) is 34.1 Å². The molecule has 15 heavy (non-hydrogen) atoms. The molecule has 1 aromatic carbocycles. The van der Waals surface area contributed by atoms with E-state index in [9.17, 15) is 4.39 Å². The topological polar surface area (TPSA) is 26.0 Å². The Morgan fingerprint density at radius 2 is 2.13 bits per heavy atom. The molecular formula is C12H15ClFN. The fourth-order valence-electron chi connectivity index (χ4n) is 2.20. The molecule has 0 radical (unpaired) electrons. The zero-order valence-corrected chi connectivity index (χ0v) is 9.52. The Balaban J connectivity index is 2.09. The van der Waals surface area contributed by atoms with Gasteiger partial charge in [0.2, 0.25) is 0 Å². The van der Waals surface area contributed by atoms with E-state index < -0.39 is 0 Å². The Bertz CT molecular complexity index is 349. The van der Waals surface area contributed by atoms with Crippen LogP contribution in [0.4, 0.5) is 4.39 Å². The summed E-state index contributed by atoms with van der Waals surface area (Å²) in [6.45, 7) is 1.75. The molecule has 0 aromatic heterocycles. The molecule has 1 saturated carbocycles. The Morgan fingerprint density at radius 3 is 2.67 bits per heavy atom. The Hall–Kier alpha value is -0.600. The third-order valence-corrected chi connectivity index (χ3v) is 3.34. The minimum atomic E-state index is -0.300. The van der Waals surface area contributed by atoms with E-state index in [0.717, 1.165) is 24.8 Å². The van der Waals surface area contributed by atoms with Crippen LogP contribution in [-0.4, -0.2) is 6.04 Å². The molecule has 0 saturated heterocycles. The maximum atomic E-state index is 13.3. The van der Waals surface area contributed by atoms with E-state index in [1.54, 1.807) is 13.0 Å². The summed E-state index contributed by atoms with van der Waals surface area (Å²) in [4.78, 5) is 0. The zero-order valence-electron chi connectivity index (χ0n) is 8.76. The van der Waals surface area contributed by atoms with Crippen LogP contribution in [0.2, 0.25) is 5.02 Å². The first-order valence-corrected chi connectivity index (χ1v) is 5.64. The van der Waals surface area contributed by atoms with Gasteiger partial charge in [-0.1, -0.05) is 17.7 Å². The molecule has 0 spiro atoms. The molecule has 0 heterocycles. The van der Waals surface area contributed by atoms with E-state index in [2.05, 4.69) is 0 Å². The lowest BCUT2D eigenvalue weighted by atomic mass is 9.77. The molecule has 0 amide bonds. The van der Waals surface area contributed by atoms with E-state index in [4.69, 9.17) is 17.3 Å². The molecule has 0 bridgehead atoms. The number of aryl methyl sites for hydroxylation is 1. The quantitative estimate of drug-likeness (QED) is 0.826. The van der Waals surface area contributed by atoms with Gasteiger partial charge in [0.05, 0.1) is 5.02 Å². The van der Waals surface area contributed by atoms with Gasteiger partial charge in [0, 0.05) is 6.04 Å². The lowest BCUT2D eigenvalue weighted by Crippen LogP contribution is -2.37. The average Bonchev–Trinajstić information content (AvgIpc) is 2.11. The van der Waals surface area contributed by atoms with Gasteiger partial charge >= 0.3 is 0 Å². The van der Waals surface area contributed by atoms with Crippen molar-refractivity contribution in [3.63, 3.8) is 0 Å². The number of benzene rings is 1. The molecule has 1 nitrogen and oxygen atoms in total. The number of halogens is 2. The van der Waals surface area contributed by atoms with E-state index in [-0.39, 0.29) is 10.8 Å². The number of rotatable bonds is 2. The Labute approximate surface area is 94.4 Å². The van der Waals surface area contributed by atoms with E-state index >= 15 is 0 Å². The van der Waals surface area contributed by atoms with Crippen LogP contribution in [0.1, 0.15) is 24.0 Å². The van der Waals surface area contributed by atoms with Crippen molar-refractivity contribution in [3.8, 4) is 0 Å². The highest BCUT2D eigenvalue weighted by Crippen LogP contribution is 2.30. The summed E-state index contributed by atoms with van der Waals surface area (Å²) in [5, 5.41) is 0.230. The average molecular weight is 228 g/mol. The van der Waals surface area contributed by atoms with Crippen LogP contribution in [0.5, 0.6) is 0 Å². The second kappa shape index (κ2) is 4.11. The summed E-state index contributed by atoms with van der Waals surface area (Å²) in [6, 6.07) is 3.98. The molecule has 82 valence electrons. The summed E-state index contributed by atoms with van der Waals surface area (Å²) >= 11 is 5.79. The predicted octanol–water partition coefficient (Wildman–Crippen LogP) is 3.07. The highest BCUT2D eigenvalue weighted by atomic mass is 35.5. The van der Waals surface area contributed by atoms with Crippen LogP contribution in [0.25, 0.3) is 0 Å². The van der Waals surface area contributed by atoms with Gasteiger partial charge in [-0.25, -0.2) is 4.39 Å². The lowest BCUT2D eigenvalue weighted by molar-refractivity contribution is 0.264. The van der Waals surface area contributed by atoms with E-state index in [1.165, 1.54) is 0 Å². The smallest absolute Gasteiger partial charge is 0.144 e. The first-order chi connectivity index (χ1) is 7.06. The van der Waals surface area contributed by atoms with Gasteiger partial charge in [-0.15, -0.1) is 0 Å². The molecule has 0 unspecified atom stereocenters. The van der Waals surface area contributed by atoms with Gasteiger partial charge in [0.15, 0.2) is 0 Å². The molecule has 2 rings (SSSR count). The molecule has 1 aliphatic carbocycles. The van der Waals surface area contributed by atoms with Crippen molar-refractivity contribution in [2.45, 2.75) is 32.2 Å². The maximum Gasteiger partial charge on any atom is 0.144 e. The van der Waals surface area contributed by atoms with Crippen molar-refractivity contribution in [2.75, 3.05) is 0 Å². The highest BCUT2D eigenvalue weighted by Gasteiger charge is 2.26. The fraction of sp³-hybridized carbons (Fsp3) is 0.500. The Morgan fingerprint density at radius 1 is 1.47 bits per heavy atom. The molecule has 1 fully saturated rings. The molecule has 0 atom stereocenters. The van der Waals surface area contributed by atoms with Crippen LogP contribution in [0.15, 0.2) is 12.1 Å². The van der Waals surface area contributed by atoms with Crippen LogP contribution in [0, 0.1) is 18.7 Å². The third-order valence-electron chi connectivity index (χ3n) is 3.07. The molecular weight excluding hydrogens is 213 g/mol. The third kappa shape index (κ3) is 2.32. The number of hydrogen-bond acceptors (Lipinski definition) is 1. The van der Waals surface area contributed by atoms with Crippen molar-refractivity contribution in [2.24, 2.45) is 11.7 Å². The lowest BCUT2D eigenvalue weighted by Gasteiger charge is -2.32. The van der Waals surface area contributed by atoms with Gasteiger partial charge in [0.25, 0.3) is 0 Å². The summed E-state index contributed by atoms with van der Waals surface area (Å²) in [5.74, 6) is 0.353. The minimum absolute atomic E-state index is 0.230. The van der Waals surface area contributed by atoms with Crippen LogP contribution in [0.3, 0.4) is 0 Å². The molecule has 2 N–H and O–H groups in total. The second-order valence-corrected chi connectivity index (χ2v) is 4.92. The van der Waals surface area contributed by atoms with E-state index in [1.807, 2.05) is 6.07 Å². The normalized spacial score (nSPS) is 25.1. The van der Waals surface area contributed by atoms with Crippen molar-refractivity contribution >= 4 is 11.6 Å². The summed E-state index contributed by atoms with van der Waals surface area (Å²) < 4.78 is 13.3. The predicted molar refractivity (Wildman–Crippen MR) is 60.6 cm³/mol. The first kappa shape index (κ1) is 10.9. The van der Waals surface area contributed by atoms with Crippen LogP contribution >= 0.6 is 11.6 Å². The monoisotopic (exact) mass is 227 g/mol. The molecule has 1 aliphatic rings. The van der Waals surface area contributed by atoms with Gasteiger partial charge in [0.1, 0.15) is 5.82 Å². The largest absolute Gasteiger partial charge is 0.328 e. The summed E-state index contributed by atoms with van der Waals surface area (Å²) in [7, 11) is 0. The maximum absolute atomic E-state index is 13.3. The van der Waals surface area contributed by atoms with Crippen LogP contribution < -0.4 is 5.73 Å². The molecule has 1 aromatic rings. The van der Waals surface area contributed by atoms with Crippen molar-refractivity contribution in [1.29, 1.82) is 0 Å². The van der Waals surface area contributed by atoms with Gasteiger partial charge in [-0.2, -0.15) is 0 Å². The van der Waals surface area contributed by atoms with Crippen LogP contribution in [-0.2, 0) is 6.42 Å². The first-order valence-electron chi connectivity index (χ1n) is 5.26. The van der Waals surface area contributed by atoms with E-state index in [0.29, 0.717) is 17.5 Å². The second-order valence-electron chi connectivity index (χ2n) is 4.51. The summed E-state index contributed by atoms with van der Waals surface area (Å²) in [6.07, 6.45) is 3.12. The SMILES string of the molecule is Cc1cc(CC2CC(N)C2)cc(Cl)c1F. The van der Waals surface area contributed by atoms with Gasteiger partial charge < -0.3 is 5.73 Å². The van der Waals surface area contributed by atoms with Crippen molar-refractivity contribution in [1.82, 2.24) is 0 Å². The van der Waals surface area contributed by atoms with Gasteiger partial charge in [-0.3, -0.25) is 0 Å². The standard InChI is InChI=1S/C12H15ClFN/c1-7-2-8(6-11(13)12(7)14)3-9-4-10(15)5-9/h2,6,9-10H,3-5,15H2,1H3. The Kier molecular flexibility index (Phi) is 2.98. The van der Waals surface area contributed by atoms with Gasteiger partial charge in [-0.05, 0) is 49.3 Å². The van der Waals surface area contributed by atoms with Crippen molar-refractivity contribution < 1.29 is 4.39 Å². The highest BCUT2D eigenvalue weighted by molar-refractivity contribution is 6.30.